The predicted molar refractivity (Wildman–Crippen MR) is 61.5 cm³/mol. The van der Waals surface area contributed by atoms with Crippen molar-refractivity contribution in [3.05, 3.63) is 24.0 Å². The first-order valence-electron chi connectivity index (χ1n) is 5.64. The standard InChI is InChI=1S/C11H13F3N4/c1-2-3-8-6-10(15-7-11(12,13)14)18-9(17-8)4-5-16-18/h4-6,15H,2-3,7H2,1H3. The minimum atomic E-state index is -4.26. The van der Waals surface area contributed by atoms with Crippen molar-refractivity contribution in [3.63, 3.8) is 0 Å². The van der Waals surface area contributed by atoms with Gasteiger partial charge in [-0.05, 0) is 6.42 Å². The van der Waals surface area contributed by atoms with Crippen LogP contribution in [0.1, 0.15) is 19.0 Å². The van der Waals surface area contributed by atoms with Gasteiger partial charge in [0.2, 0.25) is 0 Å². The number of aromatic nitrogens is 3. The van der Waals surface area contributed by atoms with Gasteiger partial charge in [-0.15, -0.1) is 0 Å². The molecule has 0 unspecified atom stereocenters. The minimum absolute atomic E-state index is 0.311. The van der Waals surface area contributed by atoms with Crippen LogP contribution in [0.3, 0.4) is 0 Å². The second-order valence-corrected chi connectivity index (χ2v) is 3.95. The Hall–Kier alpha value is -1.79. The van der Waals surface area contributed by atoms with Crippen LogP contribution in [0.25, 0.3) is 5.65 Å². The number of anilines is 1. The summed E-state index contributed by atoms with van der Waals surface area (Å²) in [5.41, 5.74) is 1.31. The third-order valence-electron chi connectivity index (χ3n) is 2.39. The van der Waals surface area contributed by atoms with Gasteiger partial charge in [0, 0.05) is 17.8 Å². The van der Waals surface area contributed by atoms with E-state index in [1.54, 1.807) is 12.1 Å². The van der Waals surface area contributed by atoms with Gasteiger partial charge < -0.3 is 5.32 Å². The summed E-state index contributed by atoms with van der Waals surface area (Å²) in [6, 6.07) is 3.27. The van der Waals surface area contributed by atoms with Crippen LogP contribution in [-0.2, 0) is 6.42 Å². The van der Waals surface area contributed by atoms with E-state index in [1.165, 1.54) is 10.7 Å². The highest BCUT2D eigenvalue weighted by molar-refractivity contribution is 5.49. The van der Waals surface area contributed by atoms with Crippen molar-refractivity contribution in [2.45, 2.75) is 25.9 Å². The van der Waals surface area contributed by atoms with E-state index in [1.807, 2.05) is 6.92 Å². The molecule has 7 heteroatoms. The van der Waals surface area contributed by atoms with Crippen LogP contribution in [0.2, 0.25) is 0 Å². The molecule has 0 amide bonds. The highest BCUT2D eigenvalue weighted by Crippen LogP contribution is 2.18. The van der Waals surface area contributed by atoms with E-state index in [9.17, 15) is 13.2 Å². The molecule has 0 atom stereocenters. The Morgan fingerprint density at radius 1 is 1.39 bits per heavy atom. The van der Waals surface area contributed by atoms with E-state index in [2.05, 4.69) is 15.4 Å². The second kappa shape index (κ2) is 4.83. The summed E-state index contributed by atoms with van der Waals surface area (Å²) >= 11 is 0. The molecule has 0 saturated carbocycles. The van der Waals surface area contributed by atoms with E-state index >= 15 is 0 Å². The average Bonchev–Trinajstić information content (AvgIpc) is 2.73. The number of hydrogen-bond acceptors (Lipinski definition) is 3. The molecule has 0 aliphatic heterocycles. The first-order valence-corrected chi connectivity index (χ1v) is 5.64. The lowest BCUT2D eigenvalue weighted by molar-refractivity contribution is -0.115. The fraction of sp³-hybridized carbons (Fsp3) is 0.455. The second-order valence-electron chi connectivity index (χ2n) is 3.95. The van der Waals surface area contributed by atoms with Gasteiger partial charge in [0.15, 0.2) is 5.65 Å². The van der Waals surface area contributed by atoms with Crippen molar-refractivity contribution in [1.29, 1.82) is 0 Å². The van der Waals surface area contributed by atoms with Crippen LogP contribution in [0.5, 0.6) is 0 Å². The zero-order chi connectivity index (χ0) is 13.2. The molecule has 0 fully saturated rings. The Morgan fingerprint density at radius 2 is 2.17 bits per heavy atom. The molecular formula is C11H13F3N4. The molecule has 2 rings (SSSR count). The van der Waals surface area contributed by atoms with Crippen molar-refractivity contribution in [3.8, 4) is 0 Å². The quantitative estimate of drug-likeness (QED) is 0.916. The maximum atomic E-state index is 12.2. The number of nitrogens with zero attached hydrogens (tertiary/aromatic N) is 3. The normalized spacial score (nSPS) is 12.0. The van der Waals surface area contributed by atoms with Gasteiger partial charge in [-0.1, -0.05) is 13.3 Å². The molecule has 0 aromatic carbocycles. The van der Waals surface area contributed by atoms with Gasteiger partial charge in [-0.3, -0.25) is 0 Å². The maximum absolute atomic E-state index is 12.2. The Labute approximate surface area is 102 Å². The lowest BCUT2D eigenvalue weighted by Crippen LogP contribution is -2.22. The van der Waals surface area contributed by atoms with E-state index < -0.39 is 12.7 Å². The molecular weight excluding hydrogens is 245 g/mol. The van der Waals surface area contributed by atoms with Gasteiger partial charge in [0.1, 0.15) is 12.4 Å². The molecule has 98 valence electrons. The van der Waals surface area contributed by atoms with Crippen LogP contribution in [0.15, 0.2) is 18.3 Å². The number of halogens is 3. The average molecular weight is 258 g/mol. The summed E-state index contributed by atoms with van der Waals surface area (Å²) in [6.45, 7) is 0.905. The zero-order valence-corrected chi connectivity index (χ0v) is 9.83. The highest BCUT2D eigenvalue weighted by atomic mass is 19.4. The molecule has 2 aromatic rings. The van der Waals surface area contributed by atoms with Gasteiger partial charge in [-0.2, -0.15) is 22.8 Å². The van der Waals surface area contributed by atoms with Crippen LogP contribution in [0.4, 0.5) is 19.0 Å². The molecule has 1 N–H and O–H groups in total. The fourth-order valence-electron chi connectivity index (χ4n) is 1.67. The first-order chi connectivity index (χ1) is 8.49. The molecule has 0 radical (unpaired) electrons. The minimum Gasteiger partial charge on any atom is -0.361 e. The summed E-state index contributed by atoms with van der Waals surface area (Å²) in [5.74, 6) is 0.311. The molecule has 18 heavy (non-hydrogen) atoms. The van der Waals surface area contributed by atoms with Crippen LogP contribution in [0, 0.1) is 0 Å². The van der Waals surface area contributed by atoms with Crippen molar-refractivity contribution in [2.24, 2.45) is 0 Å². The summed E-state index contributed by atoms with van der Waals surface area (Å²) < 4.78 is 38.0. The smallest absolute Gasteiger partial charge is 0.361 e. The topological polar surface area (TPSA) is 42.2 Å². The molecule has 4 nitrogen and oxygen atoms in total. The molecule has 0 aliphatic rings. The largest absolute Gasteiger partial charge is 0.405 e. The van der Waals surface area contributed by atoms with Gasteiger partial charge in [0.25, 0.3) is 0 Å². The van der Waals surface area contributed by atoms with Crippen LogP contribution >= 0.6 is 0 Å². The molecule has 2 aromatic heterocycles. The van der Waals surface area contributed by atoms with Crippen LogP contribution in [-0.4, -0.2) is 27.3 Å². The van der Waals surface area contributed by atoms with Gasteiger partial charge >= 0.3 is 6.18 Å². The molecule has 0 saturated heterocycles. The summed E-state index contributed by atoms with van der Waals surface area (Å²) in [7, 11) is 0. The maximum Gasteiger partial charge on any atom is 0.405 e. The monoisotopic (exact) mass is 258 g/mol. The van der Waals surface area contributed by atoms with Crippen molar-refractivity contribution in [2.75, 3.05) is 11.9 Å². The first kappa shape index (κ1) is 12.7. The fourth-order valence-corrected chi connectivity index (χ4v) is 1.67. The number of nitrogens with one attached hydrogen (secondary N) is 1. The van der Waals surface area contributed by atoms with Crippen molar-refractivity contribution in [1.82, 2.24) is 14.6 Å². The third kappa shape index (κ3) is 2.91. The van der Waals surface area contributed by atoms with E-state index in [0.29, 0.717) is 11.5 Å². The Bertz CT molecular complexity index is 533. The lowest BCUT2D eigenvalue weighted by Gasteiger charge is -2.12. The number of hydrogen-bond donors (Lipinski definition) is 1. The Morgan fingerprint density at radius 3 is 2.83 bits per heavy atom. The molecule has 2 heterocycles. The summed E-state index contributed by atoms with van der Waals surface area (Å²) in [6.07, 6.45) is -1.14. The van der Waals surface area contributed by atoms with Crippen molar-refractivity contribution < 1.29 is 13.2 Å². The van der Waals surface area contributed by atoms with Gasteiger partial charge in [0.05, 0.1) is 6.20 Å². The van der Waals surface area contributed by atoms with Crippen LogP contribution < -0.4 is 5.32 Å². The number of alkyl halides is 3. The van der Waals surface area contributed by atoms with E-state index in [-0.39, 0.29) is 0 Å². The number of aryl methyl sites for hydroxylation is 1. The Kier molecular flexibility index (Phi) is 3.40. The predicted octanol–water partition coefficient (Wildman–Crippen LogP) is 2.66. The number of fused-ring (bicyclic) bond motifs is 1. The molecule has 0 bridgehead atoms. The zero-order valence-electron chi connectivity index (χ0n) is 9.83. The van der Waals surface area contributed by atoms with Gasteiger partial charge in [-0.25, -0.2) is 4.98 Å². The third-order valence-corrected chi connectivity index (χ3v) is 2.39. The van der Waals surface area contributed by atoms with Crippen molar-refractivity contribution >= 4 is 11.5 Å². The Balaban J connectivity index is 2.31. The molecule has 0 aliphatic carbocycles. The van der Waals surface area contributed by atoms with E-state index in [0.717, 1.165) is 18.5 Å². The highest BCUT2D eigenvalue weighted by Gasteiger charge is 2.27. The lowest BCUT2D eigenvalue weighted by atomic mass is 10.2. The van der Waals surface area contributed by atoms with E-state index in [4.69, 9.17) is 0 Å². The summed E-state index contributed by atoms with van der Waals surface area (Å²) in [5, 5.41) is 6.29. The molecule has 0 spiro atoms. The SMILES string of the molecule is CCCc1cc(NCC(F)(F)F)n2nccc2n1. The number of rotatable bonds is 4. The summed E-state index contributed by atoms with van der Waals surface area (Å²) in [4.78, 5) is 4.31.